The van der Waals surface area contributed by atoms with E-state index in [9.17, 15) is 5.11 Å². The fraction of sp³-hybridized carbons (Fsp3) is 0.188. The average Bonchev–Trinajstić information content (AvgIpc) is 2.45. The maximum absolute atomic E-state index is 9.88. The molecule has 0 amide bonds. The summed E-state index contributed by atoms with van der Waals surface area (Å²) in [6.45, 7) is 4.39. The van der Waals surface area contributed by atoms with Crippen LogP contribution in [0.25, 0.3) is 0 Å². The van der Waals surface area contributed by atoms with Gasteiger partial charge in [-0.25, -0.2) is 0 Å². The second-order valence-electron chi connectivity index (χ2n) is 4.49. The lowest BCUT2D eigenvalue weighted by atomic mass is 10.2. The maximum Gasteiger partial charge on any atom is 0.128 e. The summed E-state index contributed by atoms with van der Waals surface area (Å²) in [5, 5.41) is 14.6. The predicted octanol–water partition coefficient (Wildman–Crippen LogP) is 4.20. The van der Waals surface area contributed by atoms with Gasteiger partial charge in [-0.1, -0.05) is 17.7 Å². The van der Waals surface area contributed by atoms with Crippen molar-refractivity contribution in [3.8, 4) is 11.5 Å². The van der Waals surface area contributed by atoms with Gasteiger partial charge in [-0.3, -0.25) is 5.43 Å². The van der Waals surface area contributed by atoms with Gasteiger partial charge in [0.15, 0.2) is 0 Å². The van der Waals surface area contributed by atoms with Crippen molar-refractivity contribution in [2.75, 3.05) is 12.0 Å². The summed E-state index contributed by atoms with van der Waals surface area (Å²) < 4.78 is 5.31. The Morgan fingerprint density at radius 3 is 2.76 bits per heavy atom. The largest absolute Gasteiger partial charge is 0.507 e. The number of nitrogens with one attached hydrogen (secondary N) is 1. The molecule has 4 nitrogen and oxygen atoms in total. The molecule has 2 aromatic rings. The molecule has 0 spiro atoms. The number of aromatic hydroxyl groups is 1. The monoisotopic (exact) mass is 304 g/mol. The number of hydrazone groups is 1. The summed E-state index contributed by atoms with van der Waals surface area (Å²) in [6.07, 6.45) is 1.54. The van der Waals surface area contributed by atoms with Crippen LogP contribution in [0.2, 0.25) is 5.02 Å². The minimum absolute atomic E-state index is 0.119. The van der Waals surface area contributed by atoms with Crippen molar-refractivity contribution in [3.05, 3.63) is 52.5 Å². The van der Waals surface area contributed by atoms with Gasteiger partial charge in [0.25, 0.3) is 0 Å². The molecule has 0 heterocycles. The lowest BCUT2D eigenvalue weighted by Crippen LogP contribution is -1.94. The third-order valence-corrected chi connectivity index (χ3v) is 3.29. The predicted molar refractivity (Wildman–Crippen MR) is 86.7 cm³/mol. The van der Waals surface area contributed by atoms with Crippen LogP contribution in [0.15, 0.2) is 41.5 Å². The fourth-order valence-corrected chi connectivity index (χ4v) is 1.91. The second kappa shape index (κ2) is 6.99. The van der Waals surface area contributed by atoms with Crippen LogP contribution in [0.4, 0.5) is 5.69 Å². The summed E-state index contributed by atoms with van der Waals surface area (Å²) in [5.41, 5.74) is 5.27. The normalized spacial score (nSPS) is 10.8. The van der Waals surface area contributed by atoms with Crippen molar-refractivity contribution in [1.29, 1.82) is 0 Å². The molecule has 2 N–H and O–H groups in total. The highest BCUT2D eigenvalue weighted by atomic mass is 35.5. The Kier molecular flexibility index (Phi) is 5.06. The Hall–Kier alpha value is -2.20. The molecule has 0 radical (unpaired) electrons. The summed E-state index contributed by atoms with van der Waals surface area (Å²) in [4.78, 5) is 0. The molecule has 0 saturated heterocycles. The molecular weight excluding hydrogens is 288 g/mol. The molecular formula is C16H17ClN2O2. The van der Waals surface area contributed by atoms with E-state index in [1.54, 1.807) is 30.5 Å². The van der Waals surface area contributed by atoms with E-state index >= 15 is 0 Å². The van der Waals surface area contributed by atoms with Gasteiger partial charge in [0, 0.05) is 16.7 Å². The number of rotatable bonds is 5. The second-order valence-corrected chi connectivity index (χ2v) is 4.89. The number of nitrogens with zero attached hydrogens (tertiary/aromatic N) is 1. The number of phenolic OH excluding ortho intramolecular Hbond substituents is 1. The smallest absolute Gasteiger partial charge is 0.128 e. The molecule has 0 atom stereocenters. The molecule has 2 rings (SSSR count). The van der Waals surface area contributed by atoms with Crippen LogP contribution >= 0.6 is 11.6 Å². The average molecular weight is 305 g/mol. The third kappa shape index (κ3) is 4.13. The zero-order chi connectivity index (χ0) is 15.2. The molecule has 0 saturated carbocycles. The first kappa shape index (κ1) is 15.2. The van der Waals surface area contributed by atoms with Crippen LogP contribution in [-0.4, -0.2) is 17.9 Å². The van der Waals surface area contributed by atoms with Gasteiger partial charge < -0.3 is 9.84 Å². The van der Waals surface area contributed by atoms with Gasteiger partial charge in [0.1, 0.15) is 11.5 Å². The number of ether oxygens (including phenoxy) is 1. The number of benzene rings is 2. The number of phenols is 1. The van der Waals surface area contributed by atoms with Crippen molar-refractivity contribution in [2.24, 2.45) is 5.10 Å². The zero-order valence-electron chi connectivity index (χ0n) is 11.9. The number of hydrogen-bond donors (Lipinski definition) is 2. The molecule has 2 aromatic carbocycles. The minimum Gasteiger partial charge on any atom is -0.507 e. The molecule has 0 aliphatic heterocycles. The van der Waals surface area contributed by atoms with E-state index in [0.717, 1.165) is 11.3 Å². The number of aryl methyl sites for hydroxylation is 1. The van der Waals surface area contributed by atoms with E-state index in [0.29, 0.717) is 22.9 Å². The van der Waals surface area contributed by atoms with Crippen molar-refractivity contribution >= 4 is 23.5 Å². The Morgan fingerprint density at radius 1 is 1.29 bits per heavy atom. The Balaban J connectivity index is 2.05. The molecule has 110 valence electrons. The van der Waals surface area contributed by atoms with E-state index in [-0.39, 0.29) is 5.75 Å². The lowest BCUT2D eigenvalue weighted by Gasteiger charge is -2.05. The maximum atomic E-state index is 9.88. The highest BCUT2D eigenvalue weighted by Crippen LogP contribution is 2.23. The van der Waals surface area contributed by atoms with Crippen molar-refractivity contribution in [1.82, 2.24) is 0 Å². The van der Waals surface area contributed by atoms with E-state index in [1.165, 1.54) is 0 Å². The number of hydrogen-bond acceptors (Lipinski definition) is 4. The summed E-state index contributed by atoms with van der Waals surface area (Å²) in [5.74, 6) is 0.749. The number of anilines is 1. The van der Waals surface area contributed by atoms with Gasteiger partial charge >= 0.3 is 0 Å². The highest BCUT2D eigenvalue weighted by molar-refractivity contribution is 6.31. The van der Waals surface area contributed by atoms with Crippen LogP contribution in [-0.2, 0) is 0 Å². The van der Waals surface area contributed by atoms with Gasteiger partial charge in [-0.2, -0.15) is 5.10 Å². The topological polar surface area (TPSA) is 53.8 Å². The van der Waals surface area contributed by atoms with Crippen LogP contribution in [0.5, 0.6) is 11.5 Å². The Bertz CT molecular complexity index is 657. The zero-order valence-corrected chi connectivity index (χ0v) is 12.7. The van der Waals surface area contributed by atoms with Crippen LogP contribution in [0.1, 0.15) is 18.1 Å². The van der Waals surface area contributed by atoms with Crippen LogP contribution in [0, 0.1) is 6.92 Å². The first-order valence-electron chi connectivity index (χ1n) is 6.61. The summed E-state index contributed by atoms with van der Waals surface area (Å²) in [6, 6.07) is 10.7. The van der Waals surface area contributed by atoms with Gasteiger partial charge in [-0.05, 0) is 43.7 Å². The molecule has 0 aliphatic carbocycles. The highest BCUT2D eigenvalue weighted by Gasteiger charge is 2.01. The molecule has 0 fully saturated rings. The molecule has 0 aromatic heterocycles. The van der Waals surface area contributed by atoms with E-state index in [1.807, 2.05) is 26.0 Å². The number of halogens is 1. The molecule has 0 unspecified atom stereocenters. The molecule has 5 heteroatoms. The van der Waals surface area contributed by atoms with Gasteiger partial charge in [0.2, 0.25) is 0 Å². The molecule has 0 bridgehead atoms. The summed E-state index contributed by atoms with van der Waals surface area (Å²) in [7, 11) is 0. The minimum atomic E-state index is 0.119. The van der Waals surface area contributed by atoms with Crippen molar-refractivity contribution in [2.45, 2.75) is 13.8 Å². The quantitative estimate of drug-likeness (QED) is 0.643. The summed E-state index contributed by atoms with van der Waals surface area (Å²) >= 11 is 6.04. The first-order chi connectivity index (χ1) is 10.1. The Morgan fingerprint density at radius 2 is 2.10 bits per heavy atom. The van der Waals surface area contributed by atoms with E-state index in [4.69, 9.17) is 16.3 Å². The lowest BCUT2D eigenvalue weighted by molar-refractivity contribution is 0.337. The third-order valence-electron chi connectivity index (χ3n) is 2.88. The fourth-order valence-electron chi connectivity index (χ4n) is 1.73. The SMILES string of the molecule is CCOc1ccc(/C=N/Nc2ccc(C)c(Cl)c2)c(O)c1. The standard InChI is InChI=1S/C16H17ClN2O2/c1-3-21-14-7-5-12(16(20)9-14)10-18-19-13-6-4-11(2)15(17)8-13/h4-10,19-20H,3H2,1-2H3/b18-10+. The van der Waals surface area contributed by atoms with Crippen molar-refractivity contribution < 1.29 is 9.84 Å². The van der Waals surface area contributed by atoms with Crippen LogP contribution < -0.4 is 10.2 Å². The van der Waals surface area contributed by atoms with E-state index < -0.39 is 0 Å². The van der Waals surface area contributed by atoms with Gasteiger partial charge in [-0.15, -0.1) is 0 Å². The van der Waals surface area contributed by atoms with E-state index in [2.05, 4.69) is 10.5 Å². The molecule has 21 heavy (non-hydrogen) atoms. The molecule has 0 aliphatic rings. The van der Waals surface area contributed by atoms with Gasteiger partial charge in [0.05, 0.1) is 18.5 Å². The van der Waals surface area contributed by atoms with Crippen molar-refractivity contribution in [3.63, 3.8) is 0 Å². The first-order valence-corrected chi connectivity index (χ1v) is 6.99. The Labute approximate surface area is 129 Å². The van der Waals surface area contributed by atoms with Crippen LogP contribution in [0.3, 0.4) is 0 Å².